The van der Waals surface area contributed by atoms with E-state index in [4.69, 9.17) is 5.11 Å². The number of hydrogen-bond acceptors (Lipinski definition) is 4. The minimum Gasteiger partial charge on any atom is -0.504 e. The summed E-state index contributed by atoms with van der Waals surface area (Å²) >= 11 is 2.30. The number of fused-ring (bicyclic) bond motifs is 1. The molecule has 2 aromatic rings. The maximum Gasteiger partial charge on any atom is 0.303 e. The fourth-order valence-electron chi connectivity index (χ4n) is 3.72. The number of carbonyl (C=O) groups is 1. The molecule has 144 valence electrons. The van der Waals surface area contributed by atoms with E-state index in [0.29, 0.717) is 18.9 Å². The van der Waals surface area contributed by atoms with Crippen LogP contribution >= 0.6 is 22.6 Å². The number of aryl methyl sites for hydroxylation is 1. The van der Waals surface area contributed by atoms with Gasteiger partial charge in [-0.25, -0.2) is 0 Å². The molecule has 3 rings (SSSR count). The van der Waals surface area contributed by atoms with Gasteiger partial charge in [0.2, 0.25) is 0 Å². The summed E-state index contributed by atoms with van der Waals surface area (Å²) in [5.74, 6) is -0.516. The molecule has 6 heteroatoms. The van der Waals surface area contributed by atoms with Crippen molar-refractivity contribution in [1.82, 2.24) is 0 Å². The molecule has 0 amide bonds. The van der Waals surface area contributed by atoms with Crippen LogP contribution in [0.5, 0.6) is 11.5 Å². The van der Waals surface area contributed by atoms with Gasteiger partial charge in [-0.05, 0) is 102 Å². The largest absolute Gasteiger partial charge is 0.504 e. The van der Waals surface area contributed by atoms with E-state index in [-0.39, 0.29) is 17.9 Å². The van der Waals surface area contributed by atoms with Crippen LogP contribution in [-0.2, 0) is 17.6 Å². The lowest BCUT2D eigenvalue weighted by Gasteiger charge is -2.26. The third kappa shape index (κ3) is 5.06. The van der Waals surface area contributed by atoms with E-state index in [0.717, 1.165) is 46.1 Å². The number of phenolic OH excluding ortho intramolecular Hbond substituents is 2. The van der Waals surface area contributed by atoms with E-state index in [9.17, 15) is 15.0 Å². The first-order valence-electron chi connectivity index (χ1n) is 9.23. The standard InChI is InChI=1S/C21H24INO4/c22-17-10-13(6-7-18(17)23-8-2-5-21(26)27)9-14-3-1-4-15-11-19(24)20(25)12-16(14)15/h6-7,10-12,14,23-25H,1-5,8-9H2,(H,26,27). The molecule has 5 nitrogen and oxygen atoms in total. The van der Waals surface area contributed by atoms with Crippen LogP contribution in [0.2, 0.25) is 0 Å². The molecule has 0 saturated carbocycles. The Bertz CT molecular complexity index is 837. The van der Waals surface area contributed by atoms with Crippen molar-refractivity contribution >= 4 is 34.2 Å². The van der Waals surface area contributed by atoms with E-state index in [1.165, 1.54) is 5.56 Å². The van der Waals surface area contributed by atoms with Crippen LogP contribution in [0.4, 0.5) is 5.69 Å². The fourth-order valence-corrected chi connectivity index (χ4v) is 4.49. The predicted octanol–water partition coefficient (Wildman–Crippen LogP) is 4.64. The van der Waals surface area contributed by atoms with Gasteiger partial charge in [0.05, 0.1) is 0 Å². The molecule has 0 saturated heterocycles. The molecule has 1 unspecified atom stereocenters. The van der Waals surface area contributed by atoms with Crippen molar-refractivity contribution in [2.24, 2.45) is 0 Å². The van der Waals surface area contributed by atoms with Crippen LogP contribution in [0, 0.1) is 3.57 Å². The van der Waals surface area contributed by atoms with Gasteiger partial charge < -0.3 is 20.6 Å². The van der Waals surface area contributed by atoms with Crippen molar-refractivity contribution in [2.45, 2.75) is 44.4 Å². The first kappa shape index (κ1) is 19.8. The van der Waals surface area contributed by atoms with Crippen molar-refractivity contribution in [2.75, 3.05) is 11.9 Å². The van der Waals surface area contributed by atoms with Crippen LogP contribution in [0.3, 0.4) is 0 Å². The number of phenols is 2. The molecule has 0 radical (unpaired) electrons. The average Bonchev–Trinajstić information content (AvgIpc) is 2.62. The van der Waals surface area contributed by atoms with E-state index >= 15 is 0 Å². The molecular weight excluding hydrogens is 457 g/mol. The maximum absolute atomic E-state index is 10.6. The van der Waals surface area contributed by atoms with Gasteiger partial charge in [0.25, 0.3) is 0 Å². The zero-order chi connectivity index (χ0) is 19.4. The van der Waals surface area contributed by atoms with Gasteiger partial charge in [-0.15, -0.1) is 0 Å². The molecular formula is C21H24INO4. The molecule has 0 aliphatic heterocycles. The number of carboxylic acid groups (broad SMARTS) is 1. The number of aliphatic carboxylic acids is 1. The molecule has 0 spiro atoms. The van der Waals surface area contributed by atoms with Crippen LogP contribution in [0.15, 0.2) is 30.3 Å². The third-order valence-electron chi connectivity index (χ3n) is 5.07. The topological polar surface area (TPSA) is 89.8 Å². The first-order valence-corrected chi connectivity index (χ1v) is 10.3. The third-order valence-corrected chi connectivity index (χ3v) is 5.97. The van der Waals surface area contributed by atoms with Crippen molar-refractivity contribution in [3.63, 3.8) is 0 Å². The summed E-state index contributed by atoms with van der Waals surface area (Å²) in [6, 6.07) is 9.74. The summed E-state index contributed by atoms with van der Waals surface area (Å²) in [5, 5.41) is 31.6. The monoisotopic (exact) mass is 481 g/mol. The second kappa shape index (κ2) is 8.82. The van der Waals surface area contributed by atoms with Crippen molar-refractivity contribution in [3.8, 4) is 11.5 Å². The van der Waals surface area contributed by atoms with Gasteiger partial charge in [0.15, 0.2) is 11.5 Å². The number of halogens is 1. The highest BCUT2D eigenvalue weighted by atomic mass is 127. The lowest BCUT2D eigenvalue weighted by atomic mass is 9.79. The highest BCUT2D eigenvalue weighted by molar-refractivity contribution is 14.1. The minimum absolute atomic E-state index is 0.0396. The second-order valence-corrected chi connectivity index (χ2v) is 8.23. The minimum atomic E-state index is -0.769. The highest BCUT2D eigenvalue weighted by Gasteiger charge is 2.22. The number of aromatic hydroxyl groups is 2. The molecule has 1 atom stereocenters. The lowest BCUT2D eigenvalue weighted by Crippen LogP contribution is -2.12. The lowest BCUT2D eigenvalue weighted by molar-refractivity contribution is -0.137. The van der Waals surface area contributed by atoms with Crippen LogP contribution in [0.25, 0.3) is 0 Å². The van der Waals surface area contributed by atoms with Gasteiger partial charge in [0, 0.05) is 22.2 Å². The summed E-state index contributed by atoms with van der Waals surface area (Å²) in [4.78, 5) is 10.6. The Kier molecular flexibility index (Phi) is 6.46. The quantitative estimate of drug-likeness (QED) is 0.263. The van der Waals surface area contributed by atoms with E-state index in [1.54, 1.807) is 12.1 Å². The molecule has 1 aliphatic rings. The Morgan fingerprint density at radius 3 is 2.70 bits per heavy atom. The summed E-state index contributed by atoms with van der Waals surface area (Å²) in [6.45, 7) is 0.639. The first-order chi connectivity index (χ1) is 12.9. The summed E-state index contributed by atoms with van der Waals surface area (Å²) in [6.07, 6.45) is 4.77. The zero-order valence-electron chi connectivity index (χ0n) is 15.0. The van der Waals surface area contributed by atoms with Crippen molar-refractivity contribution in [1.29, 1.82) is 0 Å². The van der Waals surface area contributed by atoms with E-state index in [1.807, 2.05) is 0 Å². The Hall–Kier alpha value is -1.96. The van der Waals surface area contributed by atoms with Gasteiger partial charge in [-0.3, -0.25) is 4.79 Å². The summed E-state index contributed by atoms with van der Waals surface area (Å²) in [7, 11) is 0. The smallest absolute Gasteiger partial charge is 0.303 e. The Morgan fingerprint density at radius 1 is 1.19 bits per heavy atom. The van der Waals surface area contributed by atoms with Crippen molar-refractivity contribution in [3.05, 3.63) is 50.6 Å². The van der Waals surface area contributed by atoms with Crippen LogP contribution in [0.1, 0.15) is 48.3 Å². The molecule has 0 bridgehead atoms. The second-order valence-electron chi connectivity index (χ2n) is 7.07. The summed E-state index contributed by atoms with van der Waals surface area (Å²) in [5.41, 5.74) is 4.53. The van der Waals surface area contributed by atoms with Gasteiger partial charge >= 0.3 is 5.97 Å². The van der Waals surface area contributed by atoms with Gasteiger partial charge in [-0.2, -0.15) is 0 Å². The Labute approximate surface area is 172 Å². The summed E-state index contributed by atoms with van der Waals surface area (Å²) < 4.78 is 1.12. The van der Waals surface area contributed by atoms with E-state index < -0.39 is 5.97 Å². The number of anilines is 1. The van der Waals surface area contributed by atoms with Gasteiger partial charge in [-0.1, -0.05) is 6.07 Å². The molecule has 4 N–H and O–H groups in total. The number of rotatable bonds is 7. The molecule has 2 aromatic carbocycles. The molecule has 27 heavy (non-hydrogen) atoms. The normalized spacial score (nSPS) is 16.0. The predicted molar refractivity (Wildman–Crippen MR) is 114 cm³/mol. The SMILES string of the molecule is O=C(O)CCCNc1ccc(CC2CCCc3cc(O)c(O)cc32)cc1I. The van der Waals surface area contributed by atoms with Crippen molar-refractivity contribution < 1.29 is 20.1 Å². The molecule has 1 aliphatic carbocycles. The molecule has 0 fully saturated rings. The van der Waals surface area contributed by atoms with Crippen LogP contribution < -0.4 is 5.32 Å². The van der Waals surface area contributed by atoms with E-state index in [2.05, 4.69) is 46.1 Å². The number of carboxylic acids is 1. The average molecular weight is 481 g/mol. The maximum atomic E-state index is 10.6. The molecule has 0 aromatic heterocycles. The van der Waals surface area contributed by atoms with Crippen LogP contribution in [-0.4, -0.2) is 27.8 Å². The Morgan fingerprint density at radius 2 is 1.96 bits per heavy atom. The van der Waals surface area contributed by atoms with Gasteiger partial charge in [0.1, 0.15) is 0 Å². The molecule has 0 heterocycles. The number of hydrogen-bond donors (Lipinski definition) is 4. The fraction of sp³-hybridized carbons (Fsp3) is 0.381. The highest BCUT2D eigenvalue weighted by Crippen LogP contribution is 2.39. The Balaban J connectivity index is 1.68. The number of benzene rings is 2. The zero-order valence-corrected chi connectivity index (χ0v) is 17.2. The number of nitrogens with one attached hydrogen (secondary N) is 1.